The number of aromatic nitrogens is 3. The van der Waals surface area contributed by atoms with Gasteiger partial charge < -0.3 is 14.8 Å². The van der Waals surface area contributed by atoms with Crippen LogP contribution >= 0.6 is 0 Å². The van der Waals surface area contributed by atoms with Crippen LogP contribution in [0.1, 0.15) is 26.3 Å². The Morgan fingerprint density at radius 2 is 1.76 bits per heavy atom. The quantitative estimate of drug-likeness (QED) is 0.715. The average Bonchev–Trinajstić information content (AvgIpc) is 2.62. The second kappa shape index (κ2) is 8.26. The summed E-state index contributed by atoms with van der Waals surface area (Å²) < 4.78 is 13.6. The molecule has 0 bridgehead atoms. The van der Waals surface area contributed by atoms with Crippen LogP contribution in [0.4, 0.5) is 5.69 Å². The molecule has 8 nitrogen and oxygen atoms in total. The van der Waals surface area contributed by atoms with Crippen molar-refractivity contribution in [2.24, 2.45) is 14.1 Å². The van der Waals surface area contributed by atoms with Crippen molar-refractivity contribution in [3.63, 3.8) is 0 Å². The van der Waals surface area contributed by atoms with E-state index in [0.29, 0.717) is 42.9 Å². The van der Waals surface area contributed by atoms with E-state index in [1.165, 1.54) is 11.6 Å². The summed E-state index contributed by atoms with van der Waals surface area (Å²) in [6.07, 6.45) is 1.98. The van der Waals surface area contributed by atoms with Crippen molar-refractivity contribution in [1.82, 2.24) is 14.1 Å². The van der Waals surface area contributed by atoms with E-state index in [2.05, 4.69) is 10.3 Å². The topological polar surface area (TPSA) is 87.4 Å². The third kappa shape index (κ3) is 3.74. The third-order valence-corrected chi connectivity index (χ3v) is 4.08. The Morgan fingerprint density at radius 3 is 2.32 bits per heavy atom. The molecule has 0 unspecified atom stereocenters. The first kappa shape index (κ1) is 19.1. The maximum absolute atomic E-state index is 12.7. The fraction of sp³-hybridized carbons (Fsp3) is 0.588. The molecule has 0 saturated heterocycles. The molecule has 25 heavy (non-hydrogen) atoms. The number of rotatable bonds is 8. The summed E-state index contributed by atoms with van der Waals surface area (Å²) >= 11 is 0. The van der Waals surface area contributed by atoms with Crippen LogP contribution in [-0.2, 0) is 30.0 Å². The number of aryl methyl sites for hydroxylation is 2. The Kier molecular flexibility index (Phi) is 6.33. The van der Waals surface area contributed by atoms with Crippen molar-refractivity contribution in [1.29, 1.82) is 0 Å². The number of pyridine rings is 1. The molecule has 0 spiro atoms. The van der Waals surface area contributed by atoms with Crippen LogP contribution in [0.15, 0.2) is 15.8 Å². The van der Waals surface area contributed by atoms with Crippen LogP contribution < -0.4 is 16.6 Å². The average molecular weight is 350 g/mol. The molecule has 8 heteroatoms. The van der Waals surface area contributed by atoms with E-state index < -0.39 is 12.0 Å². The molecule has 0 radical (unpaired) electrons. The fourth-order valence-corrected chi connectivity index (χ4v) is 2.76. The van der Waals surface area contributed by atoms with Crippen molar-refractivity contribution in [3.8, 4) is 0 Å². The summed E-state index contributed by atoms with van der Waals surface area (Å²) in [6, 6.07) is 0. The number of anilines is 1. The van der Waals surface area contributed by atoms with Gasteiger partial charge in [-0.1, -0.05) is 6.92 Å². The second-order valence-electron chi connectivity index (χ2n) is 5.64. The van der Waals surface area contributed by atoms with E-state index in [9.17, 15) is 9.59 Å². The lowest BCUT2D eigenvalue weighted by atomic mass is 10.1. The minimum atomic E-state index is -0.417. The predicted molar refractivity (Wildman–Crippen MR) is 97.1 cm³/mol. The molecule has 2 aromatic heterocycles. The van der Waals surface area contributed by atoms with E-state index in [1.54, 1.807) is 13.2 Å². The number of hydrogen-bond donors (Lipinski definition) is 1. The first-order valence-corrected chi connectivity index (χ1v) is 8.50. The van der Waals surface area contributed by atoms with Gasteiger partial charge in [0.25, 0.3) is 5.56 Å². The van der Waals surface area contributed by atoms with Gasteiger partial charge in [0, 0.05) is 33.5 Å². The van der Waals surface area contributed by atoms with Crippen LogP contribution in [-0.4, -0.2) is 40.2 Å². The van der Waals surface area contributed by atoms with Gasteiger partial charge in [-0.15, -0.1) is 0 Å². The standard InChI is InChI=1S/C17H26N4O4/c1-6-11-9-19-15-13(16(22)21(5)17(23)20(15)4)14(11)18-10-12(24-7-2)25-8-3/h9,12H,6-8,10H2,1-5H3,(H,18,19). The number of ether oxygens (including phenoxy) is 2. The molecule has 0 atom stereocenters. The van der Waals surface area contributed by atoms with Crippen molar-refractivity contribution in [2.45, 2.75) is 33.5 Å². The van der Waals surface area contributed by atoms with Crippen LogP contribution in [0.25, 0.3) is 11.0 Å². The summed E-state index contributed by atoms with van der Waals surface area (Å²) in [4.78, 5) is 29.1. The molecule has 0 aliphatic heterocycles. The second-order valence-corrected chi connectivity index (χ2v) is 5.64. The Hall–Kier alpha value is -2.19. The van der Waals surface area contributed by atoms with Crippen LogP contribution in [0.5, 0.6) is 0 Å². The highest BCUT2D eigenvalue weighted by Gasteiger charge is 2.18. The number of fused-ring (bicyclic) bond motifs is 1. The number of nitrogens with zero attached hydrogens (tertiary/aromatic N) is 3. The van der Waals surface area contributed by atoms with Gasteiger partial charge in [0.05, 0.1) is 12.2 Å². The largest absolute Gasteiger partial charge is 0.379 e. The molecular formula is C17H26N4O4. The van der Waals surface area contributed by atoms with Gasteiger partial charge in [-0.05, 0) is 25.8 Å². The molecule has 0 aliphatic carbocycles. The molecule has 2 heterocycles. The van der Waals surface area contributed by atoms with Crippen molar-refractivity contribution in [2.75, 3.05) is 25.1 Å². The van der Waals surface area contributed by atoms with Crippen LogP contribution in [0, 0.1) is 0 Å². The molecule has 138 valence electrons. The first-order chi connectivity index (χ1) is 12.0. The number of nitrogens with one attached hydrogen (secondary N) is 1. The maximum Gasteiger partial charge on any atom is 0.332 e. The van der Waals surface area contributed by atoms with Gasteiger partial charge in [0.2, 0.25) is 0 Å². The van der Waals surface area contributed by atoms with Gasteiger partial charge >= 0.3 is 5.69 Å². The highest BCUT2D eigenvalue weighted by Crippen LogP contribution is 2.23. The Bertz CT molecular complexity index is 850. The summed E-state index contributed by atoms with van der Waals surface area (Å²) in [5.74, 6) is 0. The maximum atomic E-state index is 12.7. The molecule has 0 aromatic carbocycles. The first-order valence-electron chi connectivity index (χ1n) is 8.50. The minimum absolute atomic E-state index is 0.358. The number of hydrogen-bond acceptors (Lipinski definition) is 6. The van der Waals surface area contributed by atoms with Gasteiger partial charge in [-0.3, -0.25) is 13.9 Å². The van der Waals surface area contributed by atoms with E-state index in [4.69, 9.17) is 9.47 Å². The fourth-order valence-electron chi connectivity index (χ4n) is 2.76. The van der Waals surface area contributed by atoms with E-state index >= 15 is 0 Å². The molecule has 2 aromatic rings. The summed E-state index contributed by atoms with van der Waals surface area (Å²) in [6.45, 7) is 7.23. The van der Waals surface area contributed by atoms with Gasteiger partial charge in [0.1, 0.15) is 5.39 Å². The van der Waals surface area contributed by atoms with Gasteiger partial charge in [-0.25, -0.2) is 9.78 Å². The molecule has 0 amide bonds. The van der Waals surface area contributed by atoms with E-state index in [1.807, 2.05) is 20.8 Å². The zero-order valence-electron chi connectivity index (χ0n) is 15.5. The van der Waals surface area contributed by atoms with Crippen molar-refractivity contribution in [3.05, 3.63) is 32.6 Å². The Balaban J connectivity index is 2.57. The van der Waals surface area contributed by atoms with Gasteiger partial charge in [0.15, 0.2) is 11.9 Å². The smallest absolute Gasteiger partial charge is 0.332 e. The Labute approximate surface area is 146 Å². The van der Waals surface area contributed by atoms with E-state index in [-0.39, 0.29) is 5.56 Å². The summed E-state index contributed by atoms with van der Waals surface area (Å²) in [5, 5.41) is 3.67. The van der Waals surface area contributed by atoms with Gasteiger partial charge in [-0.2, -0.15) is 0 Å². The molecule has 0 fully saturated rings. The van der Waals surface area contributed by atoms with Crippen molar-refractivity contribution < 1.29 is 9.47 Å². The highest BCUT2D eigenvalue weighted by atomic mass is 16.7. The van der Waals surface area contributed by atoms with Crippen molar-refractivity contribution >= 4 is 16.7 Å². The predicted octanol–water partition coefficient (Wildman–Crippen LogP) is 1.01. The Morgan fingerprint density at radius 1 is 1.12 bits per heavy atom. The summed E-state index contributed by atoms with van der Waals surface area (Å²) in [7, 11) is 3.07. The molecule has 1 N–H and O–H groups in total. The summed E-state index contributed by atoms with van der Waals surface area (Å²) in [5.41, 5.74) is 1.16. The molecular weight excluding hydrogens is 324 g/mol. The lowest BCUT2D eigenvalue weighted by Crippen LogP contribution is -2.38. The molecule has 0 aliphatic rings. The molecule has 2 rings (SSSR count). The normalized spacial score (nSPS) is 11.4. The van der Waals surface area contributed by atoms with E-state index in [0.717, 1.165) is 10.1 Å². The zero-order chi connectivity index (χ0) is 18.6. The third-order valence-electron chi connectivity index (χ3n) is 4.08. The SMILES string of the molecule is CCOC(CNc1c(CC)cnc2c1c(=O)n(C)c(=O)n2C)OCC. The lowest BCUT2D eigenvalue weighted by molar-refractivity contribution is -0.126. The van der Waals surface area contributed by atoms with Crippen LogP contribution in [0.3, 0.4) is 0 Å². The lowest BCUT2D eigenvalue weighted by Gasteiger charge is -2.20. The zero-order valence-corrected chi connectivity index (χ0v) is 15.5. The minimum Gasteiger partial charge on any atom is -0.379 e. The highest BCUT2D eigenvalue weighted by molar-refractivity contribution is 5.90. The molecule has 0 saturated carbocycles. The van der Waals surface area contributed by atoms with Crippen LogP contribution in [0.2, 0.25) is 0 Å². The monoisotopic (exact) mass is 350 g/mol.